The molecule has 72 valence electrons. The summed E-state index contributed by atoms with van der Waals surface area (Å²) < 4.78 is 0. The van der Waals surface area contributed by atoms with Crippen LogP contribution in [0.25, 0.3) is 0 Å². The lowest BCUT2D eigenvalue weighted by molar-refractivity contribution is 0.176. The smallest absolute Gasteiger partial charge is 0.0658 e. The van der Waals surface area contributed by atoms with Crippen LogP contribution in [-0.4, -0.2) is 0 Å². The normalized spacial score (nSPS) is 61.8. The molecule has 0 saturated heterocycles. The summed E-state index contributed by atoms with van der Waals surface area (Å²) in [6, 6.07) is 2.54. The number of hydrogen-bond donors (Lipinski definition) is 0. The minimum absolute atomic E-state index is 0.411. The summed E-state index contributed by atoms with van der Waals surface area (Å²) in [6.07, 6.45) is 8.93. The van der Waals surface area contributed by atoms with Crippen LogP contribution in [0.5, 0.6) is 0 Å². The molecule has 4 aliphatic carbocycles. The Morgan fingerprint density at radius 2 is 1.79 bits per heavy atom. The SMILES string of the molecule is N#CC1CC2CC1C1C3C=CC(C3)C21. The number of nitrogens with zero attached hydrogens (tertiary/aromatic N) is 1. The van der Waals surface area contributed by atoms with E-state index in [9.17, 15) is 0 Å². The molecule has 0 aromatic carbocycles. The first-order chi connectivity index (χ1) is 6.88. The predicted octanol–water partition coefficient (Wildman–Crippen LogP) is 2.60. The molecule has 4 rings (SSSR count). The van der Waals surface area contributed by atoms with E-state index >= 15 is 0 Å². The van der Waals surface area contributed by atoms with Gasteiger partial charge in [0, 0.05) is 5.92 Å². The van der Waals surface area contributed by atoms with Gasteiger partial charge in [-0.05, 0) is 54.8 Å². The van der Waals surface area contributed by atoms with Crippen molar-refractivity contribution in [3.05, 3.63) is 12.2 Å². The van der Waals surface area contributed by atoms with E-state index in [1.807, 2.05) is 0 Å². The van der Waals surface area contributed by atoms with E-state index in [0.717, 1.165) is 35.5 Å². The minimum atomic E-state index is 0.411. The van der Waals surface area contributed by atoms with Gasteiger partial charge in [0.2, 0.25) is 0 Å². The molecule has 4 aliphatic rings. The molecular weight excluding hydrogens is 170 g/mol. The van der Waals surface area contributed by atoms with Crippen molar-refractivity contribution in [2.45, 2.75) is 19.3 Å². The highest BCUT2D eigenvalue weighted by molar-refractivity contribution is 5.22. The maximum absolute atomic E-state index is 9.11. The van der Waals surface area contributed by atoms with Crippen LogP contribution in [0, 0.1) is 52.8 Å². The van der Waals surface area contributed by atoms with E-state index in [2.05, 4.69) is 18.2 Å². The third-order valence-corrected chi connectivity index (χ3v) is 5.44. The average Bonchev–Trinajstić information content (AvgIpc) is 2.94. The second-order valence-electron chi connectivity index (χ2n) is 5.73. The predicted molar refractivity (Wildman–Crippen MR) is 53.0 cm³/mol. The summed E-state index contributed by atoms with van der Waals surface area (Å²) in [5.41, 5.74) is 0. The Morgan fingerprint density at radius 1 is 1.00 bits per heavy atom. The van der Waals surface area contributed by atoms with E-state index < -0.39 is 0 Å². The molecular formula is C13H15N. The maximum Gasteiger partial charge on any atom is 0.0658 e. The van der Waals surface area contributed by atoms with Crippen molar-refractivity contribution in [2.75, 3.05) is 0 Å². The van der Waals surface area contributed by atoms with Gasteiger partial charge in [-0.1, -0.05) is 12.2 Å². The van der Waals surface area contributed by atoms with Gasteiger partial charge in [0.05, 0.1) is 6.07 Å². The Labute approximate surface area is 84.8 Å². The van der Waals surface area contributed by atoms with Crippen LogP contribution in [0.1, 0.15) is 19.3 Å². The molecule has 14 heavy (non-hydrogen) atoms. The minimum Gasteiger partial charge on any atom is -0.198 e. The zero-order valence-corrected chi connectivity index (χ0v) is 8.26. The molecule has 0 spiro atoms. The van der Waals surface area contributed by atoms with Crippen molar-refractivity contribution < 1.29 is 0 Å². The van der Waals surface area contributed by atoms with Crippen molar-refractivity contribution >= 4 is 0 Å². The third-order valence-electron chi connectivity index (χ3n) is 5.44. The molecule has 0 N–H and O–H groups in total. The molecule has 1 heteroatoms. The molecule has 0 aliphatic heterocycles. The van der Waals surface area contributed by atoms with Crippen LogP contribution in [0.4, 0.5) is 0 Å². The number of rotatable bonds is 0. The van der Waals surface area contributed by atoms with Crippen LogP contribution >= 0.6 is 0 Å². The average molecular weight is 185 g/mol. The molecule has 4 bridgehead atoms. The summed E-state index contributed by atoms with van der Waals surface area (Å²) in [4.78, 5) is 0. The molecule has 0 amide bonds. The number of hydrogen-bond acceptors (Lipinski definition) is 1. The first kappa shape index (κ1) is 7.51. The molecule has 3 fully saturated rings. The second kappa shape index (κ2) is 2.24. The van der Waals surface area contributed by atoms with Crippen molar-refractivity contribution in [1.82, 2.24) is 0 Å². The van der Waals surface area contributed by atoms with Gasteiger partial charge in [-0.25, -0.2) is 0 Å². The Balaban J connectivity index is 1.76. The van der Waals surface area contributed by atoms with Gasteiger partial charge in [-0.15, -0.1) is 0 Å². The monoisotopic (exact) mass is 185 g/mol. The fourth-order valence-electron chi connectivity index (χ4n) is 5.16. The molecule has 0 aromatic rings. The van der Waals surface area contributed by atoms with Crippen molar-refractivity contribution in [3.63, 3.8) is 0 Å². The molecule has 0 heterocycles. The second-order valence-corrected chi connectivity index (χ2v) is 5.73. The van der Waals surface area contributed by atoms with Gasteiger partial charge < -0.3 is 0 Å². The van der Waals surface area contributed by atoms with Gasteiger partial charge in [-0.2, -0.15) is 5.26 Å². The van der Waals surface area contributed by atoms with Crippen LogP contribution in [0.15, 0.2) is 12.2 Å². The van der Waals surface area contributed by atoms with Gasteiger partial charge in [0.25, 0.3) is 0 Å². The van der Waals surface area contributed by atoms with Gasteiger partial charge >= 0.3 is 0 Å². The third kappa shape index (κ3) is 0.659. The number of allylic oxidation sites excluding steroid dienone is 2. The van der Waals surface area contributed by atoms with Gasteiger partial charge in [0.15, 0.2) is 0 Å². The highest BCUT2D eigenvalue weighted by Gasteiger charge is 2.60. The number of nitriles is 1. The summed E-state index contributed by atoms with van der Waals surface area (Å²) in [5.74, 6) is 5.75. The van der Waals surface area contributed by atoms with Crippen molar-refractivity contribution in [1.29, 1.82) is 5.26 Å². The molecule has 7 atom stereocenters. The zero-order valence-electron chi connectivity index (χ0n) is 8.26. The maximum atomic E-state index is 9.11. The van der Waals surface area contributed by atoms with Gasteiger partial charge in [0.1, 0.15) is 0 Å². The fraction of sp³-hybridized carbons (Fsp3) is 0.769. The summed E-state index contributed by atoms with van der Waals surface area (Å²) >= 11 is 0. The van der Waals surface area contributed by atoms with E-state index in [0.29, 0.717) is 5.92 Å². The van der Waals surface area contributed by atoms with Crippen LogP contribution in [0.2, 0.25) is 0 Å². The number of fused-ring (bicyclic) bond motifs is 9. The van der Waals surface area contributed by atoms with Crippen LogP contribution in [0.3, 0.4) is 0 Å². The Kier molecular flexibility index (Phi) is 1.20. The molecule has 1 nitrogen and oxygen atoms in total. The lowest BCUT2D eigenvalue weighted by Crippen LogP contribution is -2.30. The summed E-state index contributed by atoms with van der Waals surface area (Å²) in [7, 11) is 0. The molecule has 0 radical (unpaired) electrons. The molecule has 0 aromatic heterocycles. The van der Waals surface area contributed by atoms with Crippen LogP contribution in [-0.2, 0) is 0 Å². The van der Waals surface area contributed by atoms with Crippen LogP contribution < -0.4 is 0 Å². The topological polar surface area (TPSA) is 23.8 Å². The summed E-state index contributed by atoms with van der Waals surface area (Å²) in [6.45, 7) is 0. The standard InChI is InChI=1S/C13H15N/c14-6-10-4-9-5-11(10)13-8-2-1-7(3-8)12(9)13/h1-2,7-13H,3-5H2. The summed E-state index contributed by atoms with van der Waals surface area (Å²) in [5, 5.41) is 9.11. The quantitative estimate of drug-likeness (QED) is 0.420. The highest BCUT2D eigenvalue weighted by atomic mass is 14.6. The fourth-order valence-corrected chi connectivity index (χ4v) is 5.16. The van der Waals surface area contributed by atoms with Crippen molar-refractivity contribution in [3.8, 4) is 6.07 Å². The highest BCUT2D eigenvalue weighted by Crippen LogP contribution is 2.66. The largest absolute Gasteiger partial charge is 0.198 e. The van der Waals surface area contributed by atoms with E-state index in [4.69, 9.17) is 5.26 Å². The lowest BCUT2D eigenvalue weighted by atomic mass is 9.70. The van der Waals surface area contributed by atoms with E-state index in [1.54, 1.807) is 0 Å². The Bertz CT molecular complexity index is 351. The van der Waals surface area contributed by atoms with E-state index in [1.165, 1.54) is 19.3 Å². The van der Waals surface area contributed by atoms with Gasteiger partial charge in [-0.3, -0.25) is 0 Å². The Morgan fingerprint density at radius 3 is 2.57 bits per heavy atom. The molecule has 7 unspecified atom stereocenters. The van der Waals surface area contributed by atoms with E-state index in [-0.39, 0.29) is 0 Å². The Hall–Kier alpha value is -0.770. The first-order valence-corrected chi connectivity index (χ1v) is 5.96. The van der Waals surface area contributed by atoms with Crippen molar-refractivity contribution in [2.24, 2.45) is 41.4 Å². The zero-order chi connectivity index (χ0) is 9.28. The lowest BCUT2D eigenvalue weighted by Gasteiger charge is -2.34. The first-order valence-electron chi connectivity index (χ1n) is 5.96. The molecule has 3 saturated carbocycles.